The maximum absolute atomic E-state index is 11.4. The highest BCUT2D eigenvalue weighted by atomic mass is 16.5. The van der Waals surface area contributed by atoms with Crippen LogP contribution in [0.3, 0.4) is 0 Å². The number of para-hydroxylation sites is 1. The number of Topliss-reactive ketones (excluding diaryl/α,β-unsaturated/α-hetero) is 1. The van der Waals surface area contributed by atoms with Crippen LogP contribution in [0.4, 0.5) is 5.69 Å². The van der Waals surface area contributed by atoms with E-state index >= 15 is 0 Å². The summed E-state index contributed by atoms with van der Waals surface area (Å²) in [6, 6.07) is 9.51. The lowest BCUT2D eigenvalue weighted by Gasteiger charge is -2.12. The van der Waals surface area contributed by atoms with Gasteiger partial charge in [0.05, 0.1) is 18.9 Å². The zero-order chi connectivity index (χ0) is 10.5. The Hall–Kier alpha value is -1.68. The third-order valence-corrected chi connectivity index (χ3v) is 2.13. The van der Waals surface area contributed by atoms with E-state index in [1.165, 1.54) is 0 Å². The number of hydrogen-bond acceptors (Lipinski definition) is 4. The zero-order valence-electron chi connectivity index (χ0n) is 8.27. The van der Waals surface area contributed by atoms with Crippen molar-refractivity contribution in [2.24, 2.45) is 5.10 Å². The number of nitrogens with one attached hydrogen (secondary N) is 1. The molecule has 0 atom stereocenters. The summed E-state index contributed by atoms with van der Waals surface area (Å²) in [6.07, 6.45) is 0.426. The molecule has 0 unspecified atom stereocenters. The Morgan fingerprint density at radius 1 is 1.27 bits per heavy atom. The third-order valence-electron chi connectivity index (χ3n) is 2.13. The van der Waals surface area contributed by atoms with Crippen molar-refractivity contribution >= 4 is 17.2 Å². The van der Waals surface area contributed by atoms with Crippen molar-refractivity contribution in [1.29, 1.82) is 0 Å². The summed E-state index contributed by atoms with van der Waals surface area (Å²) in [4.78, 5) is 11.4. The number of benzene rings is 1. The Kier molecular flexibility index (Phi) is 3.09. The first-order valence-electron chi connectivity index (χ1n) is 4.85. The molecule has 1 aliphatic rings. The lowest BCUT2D eigenvalue weighted by molar-refractivity contribution is -0.115. The van der Waals surface area contributed by atoms with Crippen molar-refractivity contribution in [1.82, 2.24) is 0 Å². The maximum Gasteiger partial charge on any atom is 0.183 e. The largest absolute Gasteiger partial charge is 0.374 e. The van der Waals surface area contributed by atoms with E-state index in [2.05, 4.69) is 10.5 Å². The van der Waals surface area contributed by atoms with Gasteiger partial charge in [-0.3, -0.25) is 10.2 Å². The maximum atomic E-state index is 11.4. The Morgan fingerprint density at radius 2 is 2.07 bits per heavy atom. The van der Waals surface area contributed by atoms with Crippen LogP contribution < -0.4 is 5.43 Å². The average Bonchev–Trinajstić information content (AvgIpc) is 2.29. The van der Waals surface area contributed by atoms with Crippen LogP contribution >= 0.6 is 0 Å². The zero-order valence-corrected chi connectivity index (χ0v) is 8.27. The number of hydrogen-bond donors (Lipinski definition) is 1. The third kappa shape index (κ3) is 2.63. The minimum absolute atomic E-state index is 0.0599. The van der Waals surface area contributed by atoms with Crippen molar-refractivity contribution in [2.45, 2.75) is 6.42 Å². The quantitative estimate of drug-likeness (QED) is 0.742. The molecule has 2 rings (SSSR count). The van der Waals surface area contributed by atoms with E-state index in [1.807, 2.05) is 30.3 Å². The molecule has 0 aliphatic carbocycles. The monoisotopic (exact) mass is 204 g/mol. The molecule has 1 fully saturated rings. The molecule has 1 saturated heterocycles. The standard InChI is InChI=1S/C11H12N2O2/c14-11-6-7-15-8-10(11)13-12-9-4-2-1-3-5-9/h1-5,12H,6-8H2/b13-10+. The number of ketones is 1. The van der Waals surface area contributed by atoms with Gasteiger partial charge >= 0.3 is 0 Å². The van der Waals surface area contributed by atoms with Gasteiger partial charge in [-0.15, -0.1) is 0 Å². The van der Waals surface area contributed by atoms with Crippen molar-refractivity contribution in [3.63, 3.8) is 0 Å². The number of hydrazone groups is 1. The van der Waals surface area contributed by atoms with Crippen LogP contribution in [-0.4, -0.2) is 24.7 Å². The van der Waals surface area contributed by atoms with Crippen LogP contribution in [0.15, 0.2) is 35.4 Å². The van der Waals surface area contributed by atoms with Crippen molar-refractivity contribution in [3.05, 3.63) is 30.3 Å². The highest BCUT2D eigenvalue weighted by molar-refractivity contribution is 6.41. The molecule has 0 radical (unpaired) electrons. The lowest BCUT2D eigenvalue weighted by Crippen LogP contribution is -2.28. The number of carbonyl (C=O) groups is 1. The molecule has 1 aliphatic heterocycles. The molecule has 0 saturated carbocycles. The first-order valence-corrected chi connectivity index (χ1v) is 4.85. The fourth-order valence-electron chi connectivity index (χ4n) is 1.30. The number of rotatable bonds is 2. The summed E-state index contributed by atoms with van der Waals surface area (Å²) in [5.74, 6) is 0.0599. The van der Waals surface area contributed by atoms with E-state index in [0.29, 0.717) is 25.3 Å². The highest BCUT2D eigenvalue weighted by Crippen LogP contribution is 2.06. The minimum atomic E-state index is 0.0599. The van der Waals surface area contributed by atoms with E-state index in [1.54, 1.807) is 0 Å². The molecule has 1 N–H and O–H groups in total. The summed E-state index contributed by atoms with van der Waals surface area (Å²) in [5.41, 5.74) is 4.16. The fourth-order valence-corrected chi connectivity index (χ4v) is 1.30. The van der Waals surface area contributed by atoms with Gasteiger partial charge in [0.2, 0.25) is 0 Å². The van der Waals surface area contributed by atoms with Gasteiger partial charge in [-0.1, -0.05) is 18.2 Å². The molecular formula is C11H12N2O2. The first kappa shape index (κ1) is 9.86. The van der Waals surface area contributed by atoms with Crippen LogP contribution in [-0.2, 0) is 9.53 Å². The minimum Gasteiger partial charge on any atom is -0.374 e. The van der Waals surface area contributed by atoms with Crippen molar-refractivity contribution in [3.8, 4) is 0 Å². The molecule has 0 bridgehead atoms. The Morgan fingerprint density at radius 3 is 2.80 bits per heavy atom. The van der Waals surface area contributed by atoms with Gasteiger partial charge in [0.1, 0.15) is 5.71 Å². The topological polar surface area (TPSA) is 50.7 Å². The van der Waals surface area contributed by atoms with E-state index < -0.39 is 0 Å². The second-order valence-corrected chi connectivity index (χ2v) is 3.26. The normalized spacial score (nSPS) is 19.2. The van der Waals surface area contributed by atoms with Gasteiger partial charge in [-0.2, -0.15) is 5.10 Å². The fraction of sp³-hybridized carbons (Fsp3) is 0.273. The SMILES string of the molecule is O=C1CCOC/C1=N\Nc1ccccc1. The Labute approximate surface area is 87.9 Å². The van der Waals surface area contributed by atoms with Gasteiger partial charge < -0.3 is 4.74 Å². The number of anilines is 1. The molecule has 1 heterocycles. The molecule has 0 aromatic heterocycles. The number of ether oxygens (including phenoxy) is 1. The van der Waals surface area contributed by atoms with E-state index in [0.717, 1.165) is 5.69 Å². The second-order valence-electron chi connectivity index (χ2n) is 3.26. The predicted molar refractivity (Wildman–Crippen MR) is 57.9 cm³/mol. The van der Waals surface area contributed by atoms with Crippen molar-refractivity contribution < 1.29 is 9.53 Å². The van der Waals surface area contributed by atoms with Crippen LogP contribution in [0.1, 0.15) is 6.42 Å². The van der Waals surface area contributed by atoms with Gasteiger partial charge in [-0.25, -0.2) is 0 Å². The highest BCUT2D eigenvalue weighted by Gasteiger charge is 2.16. The summed E-state index contributed by atoms with van der Waals surface area (Å²) in [6.45, 7) is 0.807. The van der Waals surface area contributed by atoms with Crippen LogP contribution in [0.2, 0.25) is 0 Å². The van der Waals surface area contributed by atoms with Gasteiger partial charge in [-0.05, 0) is 12.1 Å². The second kappa shape index (κ2) is 4.70. The molecule has 0 spiro atoms. The number of carbonyl (C=O) groups excluding carboxylic acids is 1. The van der Waals surface area contributed by atoms with Crippen LogP contribution in [0, 0.1) is 0 Å². The molecule has 4 nitrogen and oxygen atoms in total. The van der Waals surface area contributed by atoms with Crippen molar-refractivity contribution in [2.75, 3.05) is 18.6 Å². The summed E-state index contributed by atoms with van der Waals surface area (Å²) in [5, 5.41) is 4.03. The van der Waals surface area contributed by atoms with Crippen LogP contribution in [0.25, 0.3) is 0 Å². The predicted octanol–water partition coefficient (Wildman–Crippen LogP) is 1.44. The van der Waals surface area contributed by atoms with E-state index in [4.69, 9.17) is 4.74 Å². The summed E-state index contributed by atoms with van der Waals surface area (Å²) < 4.78 is 5.15. The van der Waals surface area contributed by atoms with Crippen LogP contribution in [0.5, 0.6) is 0 Å². The molecular weight excluding hydrogens is 192 g/mol. The Bertz CT molecular complexity index is 373. The summed E-state index contributed by atoms with van der Waals surface area (Å²) >= 11 is 0. The molecule has 4 heteroatoms. The molecule has 78 valence electrons. The Balaban J connectivity index is 2.01. The van der Waals surface area contributed by atoms with Gasteiger partial charge in [0.15, 0.2) is 5.78 Å². The lowest BCUT2D eigenvalue weighted by atomic mass is 10.2. The molecule has 1 aromatic carbocycles. The average molecular weight is 204 g/mol. The van der Waals surface area contributed by atoms with E-state index in [-0.39, 0.29) is 5.78 Å². The van der Waals surface area contributed by atoms with Gasteiger partial charge in [0, 0.05) is 6.42 Å². The smallest absolute Gasteiger partial charge is 0.183 e. The summed E-state index contributed by atoms with van der Waals surface area (Å²) in [7, 11) is 0. The van der Waals surface area contributed by atoms with E-state index in [9.17, 15) is 4.79 Å². The van der Waals surface area contributed by atoms with Gasteiger partial charge in [0.25, 0.3) is 0 Å². The molecule has 1 aromatic rings. The number of nitrogens with zero attached hydrogens (tertiary/aromatic N) is 1. The molecule has 0 amide bonds. The molecule has 15 heavy (non-hydrogen) atoms. The first-order chi connectivity index (χ1) is 7.36.